The smallest absolute Gasteiger partial charge is 0.303 e. The first kappa shape index (κ1) is 15.9. The highest BCUT2D eigenvalue weighted by Gasteiger charge is 2.21. The van der Waals surface area contributed by atoms with Crippen LogP contribution in [0.2, 0.25) is 0 Å². The summed E-state index contributed by atoms with van der Waals surface area (Å²) < 4.78 is 7.53. The molecule has 1 aliphatic heterocycles. The zero-order valence-corrected chi connectivity index (χ0v) is 12.7. The lowest BCUT2D eigenvalue weighted by molar-refractivity contribution is -0.136. The fraction of sp³-hybridized carbons (Fsp3) is 0.786. The number of hydrogen-bond donors (Lipinski definition) is 1. The third kappa shape index (κ3) is 5.43. The second kappa shape index (κ2) is 7.51. The van der Waals surface area contributed by atoms with E-state index in [2.05, 4.69) is 29.1 Å². The maximum absolute atomic E-state index is 10.5. The molecular weight excluding hydrogens is 272 g/mol. The van der Waals surface area contributed by atoms with Crippen LogP contribution in [0.15, 0.2) is 6.20 Å². The van der Waals surface area contributed by atoms with Gasteiger partial charge in [0.05, 0.1) is 31.4 Å². The average molecular weight is 296 g/mol. The van der Waals surface area contributed by atoms with E-state index >= 15 is 0 Å². The Morgan fingerprint density at radius 3 is 3.10 bits per heavy atom. The molecule has 7 nitrogen and oxygen atoms in total. The summed E-state index contributed by atoms with van der Waals surface area (Å²) in [7, 11) is 0. The quantitative estimate of drug-likeness (QED) is 0.796. The van der Waals surface area contributed by atoms with Gasteiger partial charge in [-0.05, 0) is 5.92 Å². The SMILES string of the molecule is CC(C)CN1CCOC(Cn2cc(CCC(=O)O)nn2)C1. The van der Waals surface area contributed by atoms with E-state index in [1.807, 2.05) is 6.20 Å². The highest BCUT2D eigenvalue weighted by atomic mass is 16.5. The van der Waals surface area contributed by atoms with Crippen molar-refractivity contribution >= 4 is 5.97 Å². The second-order valence-corrected chi connectivity index (χ2v) is 5.97. The van der Waals surface area contributed by atoms with Gasteiger partial charge in [-0.3, -0.25) is 9.69 Å². The Labute approximate surface area is 124 Å². The maximum atomic E-state index is 10.5. The molecule has 0 aliphatic carbocycles. The number of ether oxygens (including phenoxy) is 1. The highest BCUT2D eigenvalue weighted by Crippen LogP contribution is 2.10. The second-order valence-electron chi connectivity index (χ2n) is 5.97. The van der Waals surface area contributed by atoms with Crippen molar-refractivity contribution < 1.29 is 14.6 Å². The summed E-state index contributed by atoms with van der Waals surface area (Å²) in [5, 5.41) is 16.7. The van der Waals surface area contributed by atoms with Gasteiger partial charge in [-0.1, -0.05) is 19.1 Å². The summed E-state index contributed by atoms with van der Waals surface area (Å²) in [5.41, 5.74) is 0.715. The fourth-order valence-electron chi connectivity index (χ4n) is 2.56. The molecule has 1 atom stereocenters. The summed E-state index contributed by atoms with van der Waals surface area (Å²) >= 11 is 0. The van der Waals surface area contributed by atoms with E-state index in [9.17, 15) is 4.79 Å². The molecule has 1 aromatic heterocycles. The van der Waals surface area contributed by atoms with Crippen LogP contribution in [-0.4, -0.2) is 63.3 Å². The van der Waals surface area contributed by atoms with Crippen molar-refractivity contribution in [2.75, 3.05) is 26.2 Å². The molecule has 2 heterocycles. The van der Waals surface area contributed by atoms with E-state index in [4.69, 9.17) is 9.84 Å². The number of carboxylic acid groups (broad SMARTS) is 1. The standard InChI is InChI=1S/C14H24N4O3/c1-11(2)7-17-5-6-21-13(9-17)10-18-8-12(15-16-18)3-4-14(19)20/h8,11,13H,3-7,9-10H2,1-2H3,(H,19,20). The maximum Gasteiger partial charge on any atom is 0.303 e. The molecule has 118 valence electrons. The molecular formula is C14H24N4O3. The zero-order valence-electron chi connectivity index (χ0n) is 12.7. The molecule has 1 unspecified atom stereocenters. The predicted molar refractivity (Wildman–Crippen MR) is 77.0 cm³/mol. The molecule has 0 amide bonds. The summed E-state index contributed by atoms with van der Waals surface area (Å²) in [6.07, 6.45) is 2.43. The molecule has 0 saturated carbocycles. The topological polar surface area (TPSA) is 80.5 Å². The van der Waals surface area contributed by atoms with Gasteiger partial charge in [-0.15, -0.1) is 5.10 Å². The van der Waals surface area contributed by atoms with Crippen LogP contribution in [0.25, 0.3) is 0 Å². The number of carboxylic acids is 1. The van der Waals surface area contributed by atoms with Crippen molar-refractivity contribution in [3.63, 3.8) is 0 Å². The van der Waals surface area contributed by atoms with Crippen molar-refractivity contribution in [2.45, 2.75) is 39.3 Å². The van der Waals surface area contributed by atoms with E-state index in [1.54, 1.807) is 4.68 Å². The van der Waals surface area contributed by atoms with Crippen molar-refractivity contribution in [3.05, 3.63) is 11.9 Å². The van der Waals surface area contributed by atoms with Crippen LogP contribution in [0.4, 0.5) is 0 Å². The molecule has 1 aliphatic rings. The van der Waals surface area contributed by atoms with Gasteiger partial charge in [-0.25, -0.2) is 4.68 Å². The molecule has 1 saturated heterocycles. The van der Waals surface area contributed by atoms with Gasteiger partial charge in [0.25, 0.3) is 0 Å². The van der Waals surface area contributed by atoms with Crippen LogP contribution < -0.4 is 0 Å². The number of aliphatic carboxylic acids is 1. The number of nitrogens with zero attached hydrogens (tertiary/aromatic N) is 4. The van der Waals surface area contributed by atoms with Crippen molar-refractivity contribution in [1.29, 1.82) is 0 Å². The Morgan fingerprint density at radius 2 is 2.38 bits per heavy atom. The molecule has 21 heavy (non-hydrogen) atoms. The lowest BCUT2D eigenvalue weighted by Gasteiger charge is -2.33. The summed E-state index contributed by atoms with van der Waals surface area (Å²) in [4.78, 5) is 13.0. The van der Waals surface area contributed by atoms with Crippen molar-refractivity contribution in [1.82, 2.24) is 19.9 Å². The number of hydrogen-bond acceptors (Lipinski definition) is 5. The van der Waals surface area contributed by atoms with Crippen LogP contribution in [0, 0.1) is 5.92 Å². The highest BCUT2D eigenvalue weighted by molar-refractivity contribution is 5.66. The molecule has 0 radical (unpaired) electrons. The minimum atomic E-state index is -0.815. The molecule has 1 aromatic rings. The van der Waals surface area contributed by atoms with Gasteiger partial charge >= 0.3 is 5.97 Å². The Balaban J connectivity index is 1.82. The lowest BCUT2D eigenvalue weighted by atomic mass is 10.2. The minimum Gasteiger partial charge on any atom is -0.481 e. The van der Waals surface area contributed by atoms with Gasteiger partial charge in [-0.2, -0.15) is 0 Å². The fourth-order valence-corrected chi connectivity index (χ4v) is 2.56. The number of rotatable bonds is 7. The summed E-state index contributed by atoms with van der Waals surface area (Å²) in [6.45, 7) is 8.82. The Morgan fingerprint density at radius 1 is 1.57 bits per heavy atom. The summed E-state index contributed by atoms with van der Waals surface area (Å²) in [5.74, 6) is -0.165. The molecule has 1 N–H and O–H groups in total. The van der Waals surface area contributed by atoms with Gasteiger partial charge in [0.15, 0.2) is 0 Å². The number of carbonyl (C=O) groups is 1. The average Bonchev–Trinajstić information content (AvgIpc) is 2.83. The van der Waals surface area contributed by atoms with Crippen LogP contribution in [0.3, 0.4) is 0 Å². The number of aromatic nitrogens is 3. The molecule has 1 fully saturated rings. The molecule has 0 spiro atoms. The van der Waals surface area contributed by atoms with Gasteiger partial charge in [0.2, 0.25) is 0 Å². The van der Waals surface area contributed by atoms with Gasteiger partial charge in [0, 0.05) is 32.3 Å². The molecule has 0 bridgehead atoms. The van der Waals surface area contributed by atoms with Crippen LogP contribution in [0.1, 0.15) is 26.0 Å². The first-order valence-electron chi connectivity index (χ1n) is 7.47. The third-order valence-corrected chi connectivity index (χ3v) is 3.42. The zero-order chi connectivity index (χ0) is 15.2. The van der Waals surface area contributed by atoms with Crippen LogP contribution in [0.5, 0.6) is 0 Å². The van der Waals surface area contributed by atoms with Gasteiger partial charge in [0.1, 0.15) is 0 Å². The number of morpholine rings is 1. The van der Waals surface area contributed by atoms with E-state index in [1.165, 1.54) is 0 Å². The molecule has 2 rings (SSSR count). The Hall–Kier alpha value is -1.47. The van der Waals surface area contributed by atoms with E-state index in [0.717, 1.165) is 26.2 Å². The number of aryl methyl sites for hydroxylation is 1. The van der Waals surface area contributed by atoms with E-state index < -0.39 is 5.97 Å². The lowest BCUT2D eigenvalue weighted by Crippen LogP contribution is -2.45. The first-order valence-corrected chi connectivity index (χ1v) is 7.47. The summed E-state index contributed by atoms with van der Waals surface area (Å²) in [6, 6.07) is 0. The van der Waals surface area contributed by atoms with E-state index in [-0.39, 0.29) is 12.5 Å². The monoisotopic (exact) mass is 296 g/mol. The molecule has 7 heteroatoms. The van der Waals surface area contributed by atoms with Gasteiger partial charge < -0.3 is 9.84 Å². The largest absolute Gasteiger partial charge is 0.481 e. The molecule has 0 aromatic carbocycles. The van der Waals surface area contributed by atoms with Crippen molar-refractivity contribution in [3.8, 4) is 0 Å². The normalized spacial score (nSPS) is 20.0. The van der Waals surface area contributed by atoms with Crippen molar-refractivity contribution in [2.24, 2.45) is 5.92 Å². The minimum absolute atomic E-state index is 0.0841. The predicted octanol–water partition coefficient (Wildman–Crippen LogP) is 0.652. The Kier molecular flexibility index (Phi) is 5.69. The van der Waals surface area contributed by atoms with Crippen LogP contribution in [-0.2, 0) is 22.5 Å². The van der Waals surface area contributed by atoms with Crippen LogP contribution >= 0.6 is 0 Å². The third-order valence-electron chi connectivity index (χ3n) is 3.42. The first-order chi connectivity index (χ1) is 10.0. The Bertz CT molecular complexity index is 461. The van der Waals surface area contributed by atoms with E-state index in [0.29, 0.717) is 24.6 Å².